The van der Waals surface area contributed by atoms with Crippen LogP contribution in [0.3, 0.4) is 0 Å². The standard InChI is InChI=1S/C26H20/c1-5-15-6-2-10-18-22-14-24-20-12-4-8-16-7-3-11-19(26(16)20)23(24)13-21(22)17(9-1)25(15)18/h1-12,21-24H,13-14H2/t21-,22-,23-,24+/m0/s1. The molecule has 0 spiro atoms. The minimum atomic E-state index is 0.696. The molecule has 0 saturated heterocycles. The van der Waals surface area contributed by atoms with Gasteiger partial charge >= 0.3 is 0 Å². The first-order chi connectivity index (χ1) is 12.9. The zero-order chi connectivity index (χ0) is 16.8. The van der Waals surface area contributed by atoms with Crippen LogP contribution in [0, 0.1) is 0 Å². The van der Waals surface area contributed by atoms with Crippen molar-refractivity contribution in [3.63, 3.8) is 0 Å². The molecule has 0 amide bonds. The van der Waals surface area contributed by atoms with E-state index in [-0.39, 0.29) is 0 Å². The molecule has 7 rings (SSSR count). The largest absolute Gasteiger partial charge is 0.0613 e. The molecule has 4 aromatic rings. The van der Waals surface area contributed by atoms with E-state index in [2.05, 4.69) is 72.8 Å². The Bertz CT molecular complexity index is 1030. The van der Waals surface area contributed by atoms with Gasteiger partial charge in [-0.2, -0.15) is 0 Å². The van der Waals surface area contributed by atoms with E-state index in [1.165, 1.54) is 23.6 Å². The molecule has 0 unspecified atom stereocenters. The topological polar surface area (TPSA) is 0 Å². The fourth-order valence-electron chi connectivity index (χ4n) is 6.61. The van der Waals surface area contributed by atoms with Crippen molar-refractivity contribution >= 4 is 21.5 Å². The van der Waals surface area contributed by atoms with Gasteiger partial charge in [0, 0.05) is 0 Å². The Morgan fingerprint density at radius 1 is 0.423 bits per heavy atom. The zero-order valence-electron chi connectivity index (χ0n) is 14.7. The lowest BCUT2D eigenvalue weighted by molar-refractivity contribution is 0.326. The van der Waals surface area contributed by atoms with E-state index in [1.54, 1.807) is 33.0 Å². The number of hydrogen-bond donors (Lipinski definition) is 0. The highest BCUT2D eigenvalue weighted by Gasteiger charge is 2.46. The summed E-state index contributed by atoms with van der Waals surface area (Å²) in [5.74, 6) is 2.78. The summed E-state index contributed by atoms with van der Waals surface area (Å²) in [4.78, 5) is 0. The number of fused-ring (bicyclic) bond motifs is 6. The van der Waals surface area contributed by atoms with Gasteiger partial charge in [-0.15, -0.1) is 0 Å². The molecule has 3 aliphatic carbocycles. The summed E-state index contributed by atoms with van der Waals surface area (Å²) in [5, 5.41) is 6.00. The highest BCUT2D eigenvalue weighted by atomic mass is 14.5. The molecule has 4 aromatic carbocycles. The number of rotatable bonds is 0. The molecule has 26 heavy (non-hydrogen) atoms. The molecule has 0 heterocycles. The molecule has 0 aliphatic heterocycles. The second-order valence-electron chi connectivity index (χ2n) is 8.48. The lowest BCUT2D eigenvalue weighted by Crippen LogP contribution is -2.22. The molecule has 0 aromatic heterocycles. The second-order valence-corrected chi connectivity index (χ2v) is 8.48. The molecule has 0 N–H and O–H groups in total. The van der Waals surface area contributed by atoms with Crippen LogP contribution >= 0.6 is 0 Å². The number of hydrogen-bond acceptors (Lipinski definition) is 0. The molecule has 124 valence electrons. The molecular formula is C26H20. The third-order valence-corrected chi connectivity index (χ3v) is 7.52. The van der Waals surface area contributed by atoms with Crippen molar-refractivity contribution in [3.8, 4) is 0 Å². The third-order valence-electron chi connectivity index (χ3n) is 7.52. The summed E-state index contributed by atoms with van der Waals surface area (Å²) in [6, 6.07) is 27.8. The van der Waals surface area contributed by atoms with Gasteiger partial charge in [-0.1, -0.05) is 72.8 Å². The summed E-state index contributed by atoms with van der Waals surface area (Å²) in [5.41, 5.74) is 6.46. The Morgan fingerprint density at radius 2 is 0.731 bits per heavy atom. The smallest absolute Gasteiger partial charge is 0.00804 e. The van der Waals surface area contributed by atoms with Crippen molar-refractivity contribution in [2.24, 2.45) is 0 Å². The Hall–Kier alpha value is -2.60. The molecular weight excluding hydrogens is 312 g/mol. The van der Waals surface area contributed by atoms with Crippen molar-refractivity contribution in [3.05, 3.63) is 95.1 Å². The van der Waals surface area contributed by atoms with E-state index in [0.717, 1.165) is 0 Å². The maximum absolute atomic E-state index is 2.40. The molecule has 0 bridgehead atoms. The SMILES string of the molecule is c1cc2c3c(cccc3c1)[C@@H]1C[C@H]3c4cccc5cccc(c45)[C@@H]3C[C@H]21. The van der Waals surface area contributed by atoms with Crippen LogP contribution in [0.15, 0.2) is 72.8 Å². The lowest BCUT2D eigenvalue weighted by atomic mass is 9.66. The first-order valence-electron chi connectivity index (χ1n) is 9.93. The molecule has 3 aliphatic rings. The Balaban J connectivity index is 1.45. The summed E-state index contributed by atoms with van der Waals surface area (Å²) < 4.78 is 0. The van der Waals surface area contributed by atoms with Gasteiger partial charge in [0.1, 0.15) is 0 Å². The van der Waals surface area contributed by atoms with Crippen LogP contribution in [0.1, 0.15) is 58.8 Å². The predicted molar refractivity (Wildman–Crippen MR) is 108 cm³/mol. The zero-order valence-corrected chi connectivity index (χ0v) is 14.7. The second kappa shape index (κ2) is 4.57. The highest BCUT2D eigenvalue weighted by Crippen LogP contribution is 2.63. The van der Waals surface area contributed by atoms with Gasteiger partial charge in [-0.05, 0) is 80.3 Å². The summed E-state index contributed by atoms with van der Waals surface area (Å²) in [7, 11) is 0. The van der Waals surface area contributed by atoms with Crippen LogP contribution in [0.5, 0.6) is 0 Å². The molecule has 4 atom stereocenters. The van der Waals surface area contributed by atoms with Crippen LogP contribution in [0.25, 0.3) is 21.5 Å². The van der Waals surface area contributed by atoms with E-state index in [0.29, 0.717) is 23.7 Å². The average Bonchev–Trinajstić information content (AvgIpc) is 3.18. The maximum Gasteiger partial charge on any atom is -0.00804 e. The van der Waals surface area contributed by atoms with Crippen LogP contribution in [-0.4, -0.2) is 0 Å². The average molecular weight is 332 g/mol. The highest BCUT2D eigenvalue weighted by molar-refractivity contribution is 5.94. The van der Waals surface area contributed by atoms with Crippen LogP contribution in [0.2, 0.25) is 0 Å². The minimum Gasteiger partial charge on any atom is -0.0613 e. The quantitative estimate of drug-likeness (QED) is 0.330. The fraction of sp³-hybridized carbons (Fsp3) is 0.231. The van der Waals surface area contributed by atoms with Gasteiger partial charge in [0.25, 0.3) is 0 Å². The Kier molecular flexibility index (Phi) is 2.39. The third kappa shape index (κ3) is 1.49. The van der Waals surface area contributed by atoms with Gasteiger partial charge < -0.3 is 0 Å². The maximum atomic E-state index is 2.40. The molecule has 1 saturated carbocycles. The van der Waals surface area contributed by atoms with Crippen molar-refractivity contribution in [2.75, 3.05) is 0 Å². The van der Waals surface area contributed by atoms with E-state index < -0.39 is 0 Å². The van der Waals surface area contributed by atoms with E-state index in [1.807, 2.05) is 0 Å². The lowest BCUT2D eigenvalue weighted by Gasteiger charge is -2.37. The van der Waals surface area contributed by atoms with Gasteiger partial charge in [-0.25, -0.2) is 0 Å². The Morgan fingerprint density at radius 3 is 1.04 bits per heavy atom. The van der Waals surface area contributed by atoms with Gasteiger partial charge in [0.05, 0.1) is 0 Å². The molecule has 0 nitrogen and oxygen atoms in total. The van der Waals surface area contributed by atoms with Gasteiger partial charge in [-0.3, -0.25) is 0 Å². The molecule has 1 fully saturated rings. The van der Waals surface area contributed by atoms with Crippen molar-refractivity contribution < 1.29 is 0 Å². The minimum absolute atomic E-state index is 0.696. The Labute approximate surface area is 153 Å². The monoisotopic (exact) mass is 332 g/mol. The summed E-state index contributed by atoms with van der Waals surface area (Å²) >= 11 is 0. The van der Waals surface area contributed by atoms with Gasteiger partial charge in [0.15, 0.2) is 0 Å². The van der Waals surface area contributed by atoms with E-state index in [4.69, 9.17) is 0 Å². The first-order valence-corrected chi connectivity index (χ1v) is 9.93. The normalized spacial score (nSPS) is 27.7. The van der Waals surface area contributed by atoms with Crippen LogP contribution < -0.4 is 0 Å². The van der Waals surface area contributed by atoms with Crippen molar-refractivity contribution in [2.45, 2.75) is 36.5 Å². The van der Waals surface area contributed by atoms with Crippen LogP contribution in [0.4, 0.5) is 0 Å². The van der Waals surface area contributed by atoms with E-state index >= 15 is 0 Å². The fourth-order valence-corrected chi connectivity index (χ4v) is 6.61. The summed E-state index contributed by atoms with van der Waals surface area (Å²) in [6.45, 7) is 0. The number of benzene rings is 4. The van der Waals surface area contributed by atoms with Crippen molar-refractivity contribution in [1.82, 2.24) is 0 Å². The molecule has 0 heteroatoms. The molecule has 0 radical (unpaired) electrons. The van der Waals surface area contributed by atoms with Gasteiger partial charge in [0.2, 0.25) is 0 Å². The first kappa shape index (κ1) is 13.6. The van der Waals surface area contributed by atoms with Crippen LogP contribution in [-0.2, 0) is 0 Å². The predicted octanol–water partition coefficient (Wildman–Crippen LogP) is 6.85. The van der Waals surface area contributed by atoms with Crippen molar-refractivity contribution in [1.29, 1.82) is 0 Å². The summed E-state index contributed by atoms with van der Waals surface area (Å²) in [6.07, 6.45) is 2.60. The van der Waals surface area contributed by atoms with E-state index in [9.17, 15) is 0 Å².